The molecule has 0 bridgehead atoms. The summed E-state index contributed by atoms with van der Waals surface area (Å²) < 4.78 is 11.7. The van der Waals surface area contributed by atoms with Gasteiger partial charge in [0.25, 0.3) is 11.7 Å². The van der Waals surface area contributed by atoms with E-state index in [2.05, 4.69) is 18.7 Å². The fraction of sp³-hybridized carbons (Fsp3) is 0.353. The second-order valence-corrected chi connectivity index (χ2v) is 10.1. The van der Waals surface area contributed by atoms with Gasteiger partial charge in [-0.2, -0.15) is 0 Å². The maximum absolute atomic E-state index is 13.4. The van der Waals surface area contributed by atoms with Crippen LogP contribution in [0.1, 0.15) is 56.3 Å². The molecule has 1 aliphatic rings. The summed E-state index contributed by atoms with van der Waals surface area (Å²) in [6, 6.07) is 23.6. The van der Waals surface area contributed by atoms with Gasteiger partial charge in [0.15, 0.2) is 0 Å². The molecule has 1 aliphatic heterocycles. The molecule has 1 unspecified atom stereocenters. The van der Waals surface area contributed by atoms with Gasteiger partial charge in [-0.1, -0.05) is 75.4 Å². The molecule has 3 aromatic rings. The van der Waals surface area contributed by atoms with Gasteiger partial charge in [-0.3, -0.25) is 9.59 Å². The zero-order valence-electron chi connectivity index (χ0n) is 24.2. The summed E-state index contributed by atoms with van der Waals surface area (Å²) in [4.78, 5) is 30.7. The number of hydrogen-bond donors (Lipinski definition) is 1. The first kappa shape index (κ1) is 29.9. The Labute approximate surface area is 243 Å². The van der Waals surface area contributed by atoms with Gasteiger partial charge in [0.2, 0.25) is 0 Å². The summed E-state index contributed by atoms with van der Waals surface area (Å²) in [5.74, 6) is -0.206. The van der Waals surface area contributed by atoms with E-state index >= 15 is 0 Å². The molecule has 1 amide bonds. The maximum atomic E-state index is 13.4. The van der Waals surface area contributed by atoms with E-state index in [1.165, 1.54) is 0 Å². The van der Waals surface area contributed by atoms with Crippen LogP contribution in [0.3, 0.4) is 0 Å². The third kappa shape index (κ3) is 7.35. The molecular formula is C34H40N2O5. The zero-order chi connectivity index (χ0) is 29.2. The number of likely N-dealkylation sites (tertiary alicyclic amines) is 1. The number of amides is 1. The summed E-state index contributed by atoms with van der Waals surface area (Å²) in [6.07, 6.45) is 1.56. The quantitative estimate of drug-likeness (QED) is 0.145. The highest BCUT2D eigenvalue weighted by molar-refractivity contribution is 6.46. The normalized spacial score (nSPS) is 16.4. The van der Waals surface area contributed by atoms with Crippen LogP contribution in [-0.4, -0.2) is 59.4 Å². The number of carbonyl (C=O) groups is 2. The molecule has 3 aromatic carbocycles. The molecule has 0 radical (unpaired) electrons. The van der Waals surface area contributed by atoms with Crippen molar-refractivity contribution in [1.82, 2.24) is 9.80 Å². The Morgan fingerprint density at radius 3 is 2.29 bits per heavy atom. The number of ketones is 1. The number of ether oxygens (including phenoxy) is 2. The molecule has 1 atom stereocenters. The van der Waals surface area contributed by atoms with Crippen molar-refractivity contribution in [3.8, 4) is 11.5 Å². The van der Waals surface area contributed by atoms with Crippen LogP contribution < -0.4 is 9.47 Å². The number of nitrogens with zero attached hydrogens (tertiary/aromatic N) is 2. The highest BCUT2D eigenvalue weighted by atomic mass is 16.5. The van der Waals surface area contributed by atoms with Crippen LogP contribution >= 0.6 is 0 Å². The first-order valence-corrected chi connectivity index (χ1v) is 14.5. The lowest BCUT2D eigenvalue weighted by Gasteiger charge is -2.27. The van der Waals surface area contributed by atoms with Gasteiger partial charge < -0.3 is 24.4 Å². The van der Waals surface area contributed by atoms with Crippen LogP contribution in [0.2, 0.25) is 0 Å². The Bertz CT molecular complexity index is 1330. The highest BCUT2D eigenvalue weighted by Crippen LogP contribution is 2.40. The van der Waals surface area contributed by atoms with Gasteiger partial charge >= 0.3 is 0 Å². The number of aliphatic hydroxyl groups excluding tert-OH is 1. The summed E-state index contributed by atoms with van der Waals surface area (Å²) in [5.41, 5.74) is 2.32. The van der Waals surface area contributed by atoms with E-state index in [9.17, 15) is 14.7 Å². The molecule has 0 spiro atoms. The van der Waals surface area contributed by atoms with E-state index in [-0.39, 0.29) is 11.3 Å². The van der Waals surface area contributed by atoms with E-state index in [0.717, 1.165) is 37.2 Å². The van der Waals surface area contributed by atoms with Crippen LogP contribution in [0.4, 0.5) is 0 Å². The van der Waals surface area contributed by atoms with Crippen molar-refractivity contribution >= 4 is 17.4 Å². The van der Waals surface area contributed by atoms with Crippen LogP contribution in [0.15, 0.2) is 84.4 Å². The minimum atomic E-state index is -0.713. The first-order chi connectivity index (χ1) is 20.0. The fourth-order valence-corrected chi connectivity index (χ4v) is 5.06. The molecule has 1 fully saturated rings. The van der Waals surface area contributed by atoms with Gasteiger partial charge in [-0.25, -0.2) is 0 Å². The second-order valence-electron chi connectivity index (χ2n) is 10.1. The Kier molecular flexibility index (Phi) is 10.6. The zero-order valence-corrected chi connectivity index (χ0v) is 24.2. The smallest absolute Gasteiger partial charge is 0.295 e. The molecule has 0 aromatic heterocycles. The molecule has 41 heavy (non-hydrogen) atoms. The van der Waals surface area contributed by atoms with Crippen LogP contribution in [-0.2, 0) is 16.2 Å². The number of Topliss-reactive ketones (excluding diaryl/α,β-unsaturated/α-hetero) is 1. The molecule has 7 heteroatoms. The van der Waals surface area contributed by atoms with Gasteiger partial charge in [-0.05, 0) is 67.9 Å². The Hall–Kier alpha value is -4.10. The predicted molar refractivity (Wildman–Crippen MR) is 161 cm³/mol. The average molecular weight is 557 g/mol. The van der Waals surface area contributed by atoms with E-state index < -0.39 is 17.7 Å². The standard InChI is InChI=1S/C34H40N2O5/c1-4-22-40-29-15-10-14-27(23-29)32(37)30-31(36(34(39)33(30)38)21-11-20-35(5-2)6-3)26-16-18-28(19-17-26)41-24-25-12-8-7-9-13-25/h7-10,12-19,23,31,37H,4-6,11,20-22,24H2,1-3H3. The van der Waals surface area contributed by atoms with Crippen LogP contribution in [0.5, 0.6) is 11.5 Å². The number of aliphatic hydroxyl groups is 1. The summed E-state index contributed by atoms with van der Waals surface area (Å²) >= 11 is 0. The molecule has 7 nitrogen and oxygen atoms in total. The van der Waals surface area contributed by atoms with E-state index in [1.807, 2.05) is 67.6 Å². The first-order valence-electron chi connectivity index (χ1n) is 14.5. The van der Waals surface area contributed by atoms with Gasteiger partial charge in [0, 0.05) is 12.1 Å². The molecule has 1 saturated heterocycles. The fourth-order valence-electron chi connectivity index (χ4n) is 5.06. The number of rotatable bonds is 14. The summed E-state index contributed by atoms with van der Waals surface area (Å²) in [5, 5.41) is 11.5. The van der Waals surface area contributed by atoms with E-state index in [4.69, 9.17) is 9.47 Å². The van der Waals surface area contributed by atoms with Crippen LogP contribution in [0.25, 0.3) is 5.76 Å². The third-order valence-electron chi connectivity index (χ3n) is 7.33. The summed E-state index contributed by atoms with van der Waals surface area (Å²) in [6.45, 7) is 10.2. The predicted octanol–water partition coefficient (Wildman–Crippen LogP) is 6.21. The molecule has 0 saturated carbocycles. The largest absolute Gasteiger partial charge is 0.507 e. The van der Waals surface area contributed by atoms with Crippen molar-refractivity contribution in [1.29, 1.82) is 0 Å². The topological polar surface area (TPSA) is 79.3 Å². The van der Waals surface area contributed by atoms with Crippen LogP contribution in [0, 0.1) is 0 Å². The molecule has 0 aliphatic carbocycles. The molecular weight excluding hydrogens is 516 g/mol. The molecule has 1 heterocycles. The van der Waals surface area contributed by atoms with Gasteiger partial charge in [0.1, 0.15) is 23.9 Å². The Morgan fingerprint density at radius 2 is 1.61 bits per heavy atom. The lowest BCUT2D eigenvalue weighted by molar-refractivity contribution is -0.140. The van der Waals surface area contributed by atoms with E-state index in [0.29, 0.717) is 43.2 Å². The van der Waals surface area contributed by atoms with Crippen molar-refractivity contribution in [2.24, 2.45) is 0 Å². The minimum absolute atomic E-state index is 0.0865. The third-order valence-corrected chi connectivity index (χ3v) is 7.33. The monoisotopic (exact) mass is 556 g/mol. The van der Waals surface area contributed by atoms with E-state index in [1.54, 1.807) is 23.1 Å². The molecule has 4 rings (SSSR count). The average Bonchev–Trinajstić information content (AvgIpc) is 3.26. The van der Waals surface area contributed by atoms with Crippen molar-refractivity contribution in [2.45, 2.75) is 46.3 Å². The Morgan fingerprint density at radius 1 is 0.878 bits per heavy atom. The van der Waals surface area contributed by atoms with Gasteiger partial charge in [-0.15, -0.1) is 0 Å². The second kappa shape index (κ2) is 14.5. The van der Waals surface area contributed by atoms with Crippen molar-refractivity contribution in [3.05, 3.63) is 101 Å². The minimum Gasteiger partial charge on any atom is -0.507 e. The summed E-state index contributed by atoms with van der Waals surface area (Å²) in [7, 11) is 0. The Balaban J connectivity index is 1.66. The molecule has 1 N–H and O–H groups in total. The number of carbonyl (C=O) groups excluding carboxylic acids is 2. The molecule has 216 valence electrons. The van der Waals surface area contributed by atoms with Gasteiger partial charge in [0.05, 0.1) is 18.2 Å². The van der Waals surface area contributed by atoms with Crippen molar-refractivity contribution < 1.29 is 24.2 Å². The SMILES string of the molecule is CCCOc1cccc(C(O)=C2C(=O)C(=O)N(CCCN(CC)CC)C2c2ccc(OCc3ccccc3)cc2)c1. The highest BCUT2D eigenvalue weighted by Gasteiger charge is 2.45. The number of benzene rings is 3. The lowest BCUT2D eigenvalue weighted by atomic mass is 9.95. The van der Waals surface area contributed by atoms with Crippen molar-refractivity contribution in [2.75, 3.05) is 32.8 Å². The van der Waals surface area contributed by atoms with Crippen molar-refractivity contribution in [3.63, 3.8) is 0 Å². The lowest BCUT2D eigenvalue weighted by Crippen LogP contribution is -2.33. The number of hydrogen-bond acceptors (Lipinski definition) is 6. The maximum Gasteiger partial charge on any atom is 0.295 e.